The highest BCUT2D eigenvalue weighted by atomic mass is 16.5. The highest BCUT2D eigenvalue weighted by molar-refractivity contribution is 5.95. The van der Waals surface area contributed by atoms with E-state index in [4.69, 9.17) is 14.2 Å². The molecule has 168 valence electrons. The van der Waals surface area contributed by atoms with Gasteiger partial charge < -0.3 is 29.4 Å². The number of carbonyl (C=O) groups excluding carboxylic acids is 1. The smallest absolute Gasteiger partial charge is 0.254 e. The van der Waals surface area contributed by atoms with E-state index in [0.29, 0.717) is 41.1 Å². The molecule has 1 amide bonds. The average molecular weight is 438 g/mol. The summed E-state index contributed by atoms with van der Waals surface area (Å²) in [6.45, 7) is 5.62. The average Bonchev–Trinajstić information content (AvgIpc) is 3.45. The minimum absolute atomic E-state index is 0.0120. The number of benzene rings is 1. The summed E-state index contributed by atoms with van der Waals surface area (Å²) in [5, 5.41) is 4.03. The summed E-state index contributed by atoms with van der Waals surface area (Å²) in [6.07, 6.45) is 3.69. The predicted molar refractivity (Wildman–Crippen MR) is 120 cm³/mol. The molecule has 9 nitrogen and oxygen atoms in total. The van der Waals surface area contributed by atoms with Crippen LogP contribution < -0.4 is 14.8 Å². The van der Waals surface area contributed by atoms with Crippen LogP contribution in [0.3, 0.4) is 0 Å². The first-order chi connectivity index (χ1) is 15.6. The molecule has 2 aliphatic rings. The van der Waals surface area contributed by atoms with E-state index >= 15 is 0 Å². The predicted octanol–water partition coefficient (Wildman–Crippen LogP) is 3.36. The number of aromatic amines is 1. The molecule has 2 aromatic heterocycles. The minimum Gasteiger partial charge on any atom is -0.495 e. The summed E-state index contributed by atoms with van der Waals surface area (Å²) >= 11 is 0. The van der Waals surface area contributed by atoms with E-state index in [9.17, 15) is 4.79 Å². The van der Waals surface area contributed by atoms with Crippen LogP contribution in [0.1, 0.15) is 30.1 Å². The van der Waals surface area contributed by atoms with E-state index < -0.39 is 0 Å². The fraction of sp³-hybridized carbons (Fsp3) is 0.435. The number of H-pyrrole nitrogens is 1. The van der Waals surface area contributed by atoms with Gasteiger partial charge in [-0.3, -0.25) is 4.79 Å². The van der Waals surface area contributed by atoms with Gasteiger partial charge in [-0.05, 0) is 37.1 Å². The Kier molecular flexibility index (Phi) is 5.34. The molecule has 0 atom stereocenters. The summed E-state index contributed by atoms with van der Waals surface area (Å²) in [4.78, 5) is 27.1. The lowest BCUT2D eigenvalue weighted by molar-refractivity contribution is -0.103. The molecule has 0 aliphatic carbocycles. The third-order valence-corrected chi connectivity index (χ3v) is 6.06. The standard InChI is InChI=1S/C23H27N5O4/c1-3-10-32-20-16-6-8-24-19(16)26-22(27-20)25-17-5-4-15(11-18(17)30-2)21(29)28-9-7-23(12-28)13-31-14-23/h4-6,8,11H,3,7,9-10,12-14H2,1-2H3,(H2,24,25,26,27). The molecule has 2 fully saturated rings. The molecule has 2 saturated heterocycles. The molecular weight excluding hydrogens is 410 g/mol. The summed E-state index contributed by atoms with van der Waals surface area (Å²) in [6, 6.07) is 7.27. The Morgan fingerprint density at radius 1 is 1.31 bits per heavy atom. The Morgan fingerprint density at radius 3 is 2.91 bits per heavy atom. The van der Waals surface area contributed by atoms with Crippen molar-refractivity contribution < 1.29 is 19.0 Å². The summed E-state index contributed by atoms with van der Waals surface area (Å²) in [7, 11) is 1.58. The van der Waals surface area contributed by atoms with Crippen LogP contribution in [0.4, 0.5) is 11.6 Å². The molecule has 0 saturated carbocycles. The molecule has 32 heavy (non-hydrogen) atoms. The molecule has 2 aliphatic heterocycles. The van der Waals surface area contributed by atoms with Gasteiger partial charge in [0.2, 0.25) is 11.8 Å². The molecule has 3 aromatic rings. The van der Waals surface area contributed by atoms with Crippen molar-refractivity contribution in [1.29, 1.82) is 0 Å². The molecule has 1 spiro atoms. The Hall–Kier alpha value is -3.33. The van der Waals surface area contributed by atoms with Gasteiger partial charge >= 0.3 is 0 Å². The first kappa shape index (κ1) is 20.6. The Morgan fingerprint density at radius 2 is 2.19 bits per heavy atom. The van der Waals surface area contributed by atoms with Gasteiger partial charge in [0.05, 0.1) is 38.0 Å². The van der Waals surface area contributed by atoms with Gasteiger partial charge in [-0.25, -0.2) is 0 Å². The molecule has 0 radical (unpaired) electrons. The van der Waals surface area contributed by atoms with Crippen LogP contribution in [-0.4, -0.2) is 65.8 Å². The largest absolute Gasteiger partial charge is 0.495 e. The minimum atomic E-state index is 0.0120. The molecule has 0 bridgehead atoms. The van der Waals surface area contributed by atoms with E-state index in [1.54, 1.807) is 25.4 Å². The van der Waals surface area contributed by atoms with E-state index in [-0.39, 0.29) is 11.3 Å². The Bertz CT molecular complexity index is 1140. The van der Waals surface area contributed by atoms with Gasteiger partial charge in [0, 0.05) is 30.3 Å². The first-order valence-electron chi connectivity index (χ1n) is 10.9. The molecule has 9 heteroatoms. The first-order valence-corrected chi connectivity index (χ1v) is 10.9. The van der Waals surface area contributed by atoms with Crippen LogP contribution in [0.2, 0.25) is 0 Å². The lowest BCUT2D eigenvalue weighted by Gasteiger charge is -2.37. The van der Waals surface area contributed by atoms with Crippen LogP contribution in [0.5, 0.6) is 11.6 Å². The number of fused-ring (bicyclic) bond motifs is 1. The van der Waals surface area contributed by atoms with Gasteiger partial charge in [0.1, 0.15) is 11.4 Å². The number of methoxy groups -OCH3 is 1. The van der Waals surface area contributed by atoms with Crippen LogP contribution in [0.25, 0.3) is 11.0 Å². The zero-order valence-corrected chi connectivity index (χ0v) is 18.3. The number of hydrogen-bond donors (Lipinski definition) is 2. The van der Waals surface area contributed by atoms with Gasteiger partial charge in [-0.2, -0.15) is 9.97 Å². The van der Waals surface area contributed by atoms with Crippen molar-refractivity contribution in [2.24, 2.45) is 5.41 Å². The number of anilines is 2. The van der Waals surface area contributed by atoms with E-state index in [2.05, 4.69) is 20.3 Å². The lowest BCUT2D eigenvalue weighted by Crippen LogP contribution is -2.45. The number of nitrogens with one attached hydrogen (secondary N) is 2. The van der Waals surface area contributed by atoms with Gasteiger partial charge in [0.25, 0.3) is 5.91 Å². The van der Waals surface area contributed by atoms with Gasteiger partial charge in [-0.15, -0.1) is 0 Å². The maximum absolute atomic E-state index is 13.0. The highest BCUT2D eigenvalue weighted by Gasteiger charge is 2.45. The third kappa shape index (κ3) is 3.73. The van der Waals surface area contributed by atoms with Crippen molar-refractivity contribution >= 4 is 28.6 Å². The number of rotatable bonds is 7. The zero-order valence-electron chi connectivity index (χ0n) is 18.3. The number of likely N-dealkylation sites (tertiary alicyclic amines) is 1. The molecule has 0 unspecified atom stereocenters. The summed E-state index contributed by atoms with van der Waals surface area (Å²) < 4.78 is 16.7. The number of carbonyl (C=O) groups is 1. The topological polar surface area (TPSA) is 102 Å². The number of aromatic nitrogens is 3. The summed E-state index contributed by atoms with van der Waals surface area (Å²) in [5.41, 5.74) is 2.11. The molecular formula is C23H27N5O4. The second-order valence-electron chi connectivity index (χ2n) is 8.45. The van der Waals surface area contributed by atoms with Crippen molar-refractivity contribution in [2.75, 3.05) is 45.3 Å². The SMILES string of the molecule is CCCOc1nc(Nc2ccc(C(=O)N3CCC4(COC4)C3)cc2OC)nc2[nH]ccc12. The molecule has 5 rings (SSSR count). The van der Waals surface area contributed by atoms with E-state index in [0.717, 1.165) is 44.5 Å². The number of nitrogens with zero attached hydrogens (tertiary/aromatic N) is 3. The Balaban J connectivity index is 1.37. The number of hydrogen-bond acceptors (Lipinski definition) is 7. The zero-order chi connectivity index (χ0) is 22.1. The lowest BCUT2D eigenvalue weighted by atomic mass is 9.85. The summed E-state index contributed by atoms with van der Waals surface area (Å²) in [5.74, 6) is 1.46. The fourth-order valence-electron chi connectivity index (χ4n) is 4.24. The Labute approximate surface area is 186 Å². The van der Waals surface area contributed by atoms with Gasteiger partial charge in [-0.1, -0.05) is 6.92 Å². The van der Waals surface area contributed by atoms with Crippen molar-refractivity contribution in [3.8, 4) is 11.6 Å². The molecule has 1 aromatic carbocycles. The van der Waals surface area contributed by atoms with Crippen molar-refractivity contribution in [3.05, 3.63) is 36.0 Å². The maximum Gasteiger partial charge on any atom is 0.254 e. The van der Waals surface area contributed by atoms with Crippen LogP contribution in [-0.2, 0) is 4.74 Å². The highest BCUT2D eigenvalue weighted by Crippen LogP contribution is 2.38. The normalized spacial score (nSPS) is 16.9. The fourth-order valence-corrected chi connectivity index (χ4v) is 4.24. The van der Waals surface area contributed by atoms with Crippen LogP contribution >= 0.6 is 0 Å². The van der Waals surface area contributed by atoms with E-state index in [1.165, 1.54) is 0 Å². The number of amides is 1. The second-order valence-corrected chi connectivity index (χ2v) is 8.45. The molecule has 4 heterocycles. The van der Waals surface area contributed by atoms with Crippen LogP contribution in [0.15, 0.2) is 30.5 Å². The maximum atomic E-state index is 13.0. The quantitative estimate of drug-likeness (QED) is 0.584. The van der Waals surface area contributed by atoms with Crippen LogP contribution in [0, 0.1) is 5.41 Å². The number of ether oxygens (including phenoxy) is 3. The molecule has 2 N–H and O–H groups in total. The van der Waals surface area contributed by atoms with E-state index in [1.807, 2.05) is 24.0 Å². The van der Waals surface area contributed by atoms with Gasteiger partial charge in [0.15, 0.2) is 0 Å². The van der Waals surface area contributed by atoms with Crippen molar-refractivity contribution in [3.63, 3.8) is 0 Å². The monoisotopic (exact) mass is 437 g/mol. The van der Waals surface area contributed by atoms with Crippen molar-refractivity contribution in [1.82, 2.24) is 19.9 Å². The van der Waals surface area contributed by atoms with Crippen molar-refractivity contribution in [2.45, 2.75) is 19.8 Å². The third-order valence-electron chi connectivity index (χ3n) is 6.06. The second kappa shape index (κ2) is 8.31.